The van der Waals surface area contributed by atoms with Crippen LogP contribution in [0.1, 0.15) is 54.1 Å². The quantitative estimate of drug-likeness (QED) is 0.189. The number of nitrogens with zero attached hydrogens (tertiary/aromatic N) is 2. The molecule has 2 saturated heterocycles. The van der Waals surface area contributed by atoms with Gasteiger partial charge < -0.3 is 15.5 Å². The maximum Gasteiger partial charge on any atom is 0.0812 e. The summed E-state index contributed by atoms with van der Waals surface area (Å²) in [6.45, 7) is 5.59. The van der Waals surface area contributed by atoms with Crippen LogP contribution in [0.4, 0.5) is 0 Å². The predicted octanol–water partition coefficient (Wildman–Crippen LogP) is 7.54. The van der Waals surface area contributed by atoms with Crippen molar-refractivity contribution in [2.75, 3.05) is 40.3 Å². The van der Waals surface area contributed by atoms with Crippen molar-refractivity contribution in [2.45, 2.75) is 51.2 Å². The lowest BCUT2D eigenvalue weighted by molar-refractivity contribution is 0.219. The second kappa shape index (κ2) is 14.7. The summed E-state index contributed by atoms with van der Waals surface area (Å²) < 4.78 is 0. The average Bonchev–Trinajstić information content (AvgIpc) is 3.06. The first-order chi connectivity index (χ1) is 21.5. The second-order valence-corrected chi connectivity index (χ2v) is 13.5. The van der Waals surface area contributed by atoms with Gasteiger partial charge in [0.25, 0.3) is 0 Å². The molecule has 4 aromatic rings. The van der Waals surface area contributed by atoms with Crippen LogP contribution in [0.25, 0.3) is 22.3 Å². The lowest BCUT2D eigenvalue weighted by atomic mass is 9.89. The molecule has 0 spiro atoms. The van der Waals surface area contributed by atoms with E-state index in [0.29, 0.717) is 0 Å². The van der Waals surface area contributed by atoms with E-state index in [0.717, 1.165) is 23.9 Å². The summed E-state index contributed by atoms with van der Waals surface area (Å²) in [5, 5.41) is 3.58. The zero-order valence-electron chi connectivity index (χ0n) is 26.7. The van der Waals surface area contributed by atoms with E-state index < -0.39 is 0 Å². The number of benzene rings is 4. The summed E-state index contributed by atoms with van der Waals surface area (Å²) in [4.78, 5) is 4.90. The summed E-state index contributed by atoms with van der Waals surface area (Å²) in [6.07, 6.45) is 7.31. The van der Waals surface area contributed by atoms with Crippen molar-refractivity contribution >= 4 is 0 Å². The van der Waals surface area contributed by atoms with E-state index in [1.165, 1.54) is 104 Å². The normalized spacial score (nSPS) is 18.0. The molecule has 1 atom stereocenters. The number of hydrogen-bond donors (Lipinski definition) is 2. The minimum Gasteiger partial charge on any atom is -0.312 e. The molecule has 0 aliphatic carbocycles. The molecule has 2 fully saturated rings. The Bertz CT molecular complexity index is 1500. The summed E-state index contributed by atoms with van der Waals surface area (Å²) in [5.41, 5.74) is 17.0. The van der Waals surface area contributed by atoms with Crippen LogP contribution in [-0.2, 0) is 19.4 Å². The number of hydrogen-bond acceptors (Lipinski definition) is 4. The third kappa shape index (κ3) is 8.25. The van der Waals surface area contributed by atoms with Crippen molar-refractivity contribution in [2.24, 2.45) is 17.6 Å². The van der Waals surface area contributed by atoms with Gasteiger partial charge in [-0.05, 0) is 147 Å². The topological polar surface area (TPSA) is 44.5 Å². The third-order valence-corrected chi connectivity index (χ3v) is 9.94. The van der Waals surface area contributed by atoms with Crippen molar-refractivity contribution < 1.29 is 0 Å². The highest BCUT2D eigenvalue weighted by molar-refractivity contribution is 5.66. The number of nitrogens with two attached hydrogens (primary N) is 1. The van der Waals surface area contributed by atoms with Gasteiger partial charge in [-0.15, -0.1) is 0 Å². The predicted molar refractivity (Wildman–Crippen MR) is 185 cm³/mol. The maximum atomic E-state index is 6.70. The van der Waals surface area contributed by atoms with E-state index in [1.807, 2.05) is 0 Å². The first kappa shape index (κ1) is 30.7. The van der Waals surface area contributed by atoms with Gasteiger partial charge in [-0.25, -0.2) is 0 Å². The van der Waals surface area contributed by atoms with E-state index in [-0.39, 0.29) is 6.17 Å². The Morgan fingerprint density at radius 1 is 0.591 bits per heavy atom. The van der Waals surface area contributed by atoms with E-state index in [4.69, 9.17) is 5.73 Å². The molecule has 6 rings (SSSR count). The summed E-state index contributed by atoms with van der Waals surface area (Å²) in [5.74, 6) is 1.59. The summed E-state index contributed by atoms with van der Waals surface area (Å²) >= 11 is 0. The van der Waals surface area contributed by atoms with Crippen LogP contribution in [0.2, 0.25) is 0 Å². The van der Waals surface area contributed by atoms with Crippen molar-refractivity contribution in [3.05, 3.63) is 119 Å². The highest BCUT2D eigenvalue weighted by Gasteiger charge is 2.18. The highest BCUT2D eigenvalue weighted by Crippen LogP contribution is 2.28. The van der Waals surface area contributed by atoms with Gasteiger partial charge >= 0.3 is 0 Å². The van der Waals surface area contributed by atoms with Gasteiger partial charge in [0.15, 0.2) is 0 Å². The number of piperidine rings is 2. The van der Waals surface area contributed by atoms with Crippen molar-refractivity contribution in [1.29, 1.82) is 0 Å². The molecule has 4 heteroatoms. The van der Waals surface area contributed by atoms with E-state index in [2.05, 4.69) is 126 Å². The second-order valence-electron chi connectivity index (χ2n) is 13.5. The first-order valence-electron chi connectivity index (χ1n) is 16.7. The van der Waals surface area contributed by atoms with Crippen molar-refractivity contribution in [3.63, 3.8) is 0 Å². The highest BCUT2D eigenvalue weighted by atomic mass is 15.1. The Balaban J connectivity index is 1.07. The van der Waals surface area contributed by atoms with Crippen molar-refractivity contribution in [3.8, 4) is 22.3 Å². The van der Waals surface area contributed by atoms with Crippen LogP contribution in [0.15, 0.2) is 97.1 Å². The molecule has 230 valence electrons. The summed E-state index contributed by atoms with van der Waals surface area (Å²) in [7, 11) is 4.47. The smallest absolute Gasteiger partial charge is 0.0812 e. The Hall–Kier alpha value is -3.28. The van der Waals surface area contributed by atoms with Crippen LogP contribution in [0.5, 0.6) is 0 Å². The Morgan fingerprint density at radius 3 is 1.50 bits per heavy atom. The Morgan fingerprint density at radius 2 is 1.00 bits per heavy atom. The number of likely N-dealkylation sites (tertiary alicyclic amines) is 2. The fourth-order valence-corrected chi connectivity index (χ4v) is 7.07. The van der Waals surface area contributed by atoms with Gasteiger partial charge in [0.2, 0.25) is 0 Å². The van der Waals surface area contributed by atoms with Crippen LogP contribution in [0.3, 0.4) is 0 Å². The van der Waals surface area contributed by atoms with Gasteiger partial charge in [0, 0.05) is 6.54 Å². The molecular formula is C40H50N4. The lowest BCUT2D eigenvalue weighted by Gasteiger charge is -2.29. The molecule has 0 saturated carbocycles. The number of nitrogens with one attached hydrogen (secondary N) is 1. The molecule has 0 radical (unpaired) electrons. The van der Waals surface area contributed by atoms with Gasteiger partial charge in [-0.2, -0.15) is 0 Å². The number of rotatable bonds is 10. The fraction of sp³-hybridized carbons (Fsp3) is 0.400. The van der Waals surface area contributed by atoms with Gasteiger partial charge in [0.1, 0.15) is 0 Å². The molecule has 44 heavy (non-hydrogen) atoms. The van der Waals surface area contributed by atoms with Crippen LogP contribution < -0.4 is 11.1 Å². The Labute approximate surface area is 265 Å². The SMILES string of the molecule is CN1CCC(Cc2cccc(-c3cccc(CNC(N)c4cccc(-c5cccc(CC6CCN(C)CC6)c5)c4)c3)c2)CC1. The molecule has 2 aliphatic heterocycles. The molecule has 4 aromatic carbocycles. The van der Waals surface area contributed by atoms with E-state index >= 15 is 0 Å². The van der Waals surface area contributed by atoms with Crippen LogP contribution in [-0.4, -0.2) is 50.1 Å². The van der Waals surface area contributed by atoms with Crippen molar-refractivity contribution in [1.82, 2.24) is 15.1 Å². The lowest BCUT2D eigenvalue weighted by Crippen LogP contribution is -2.30. The van der Waals surface area contributed by atoms with Crippen LogP contribution in [0, 0.1) is 11.8 Å². The summed E-state index contributed by atoms with van der Waals surface area (Å²) in [6, 6.07) is 35.9. The monoisotopic (exact) mass is 586 g/mol. The molecule has 2 aliphatic rings. The fourth-order valence-electron chi connectivity index (χ4n) is 7.07. The molecule has 3 N–H and O–H groups in total. The molecule has 0 aromatic heterocycles. The largest absolute Gasteiger partial charge is 0.312 e. The van der Waals surface area contributed by atoms with Gasteiger partial charge in [-0.3, -0.25) is 5.32 Å². The van der Waals surface area contributed by atoms with Gasteiger partial charge in [0.05, 0.1) is 6.17 Å². The zero-order valence-corrected chi connectivity index (χ0v) is 26.7. The Kier molecular flexibility index (Phi) is 10.2. The zero-order chi connectivity index (χ0) is 30.3. The standard InChI is InChI=1S/C40H50N4/c1-43-19-15-30(16-20-43)23-32-7-3-10-35(25-32)37-12-5-9-34(27-37)29-42-40(41)39-14-6-13-38(28-39)36-11-4-8-33(26-36)24-31-17-21-44(2)22-18-31/h3-14,25-28,30-31,40,42H,15-24,29,41H2,1-2H3. The molecule has 1 unspecified atom stereocenters. The van der Waals surface area contributed by atoms with E-state index in [1.54, 1.807) is 0 Å². The maximum absolute atomic E-state index is 6.70. The molecular weight excluding hydrogens is 536 g/mol. The molecule has 2 heterocycles. The minimum atomic E-state index is -0.237. The van der Waals surface area contributed by atoms with E-state index in [9.17, 15) is 0 Å². The molecule has 0 bridgehead atoms. The minimum absolute atomic E-state index is 0.237. The average molecular weight is 587 g/mol. The molecule has 4 nitrogen and oxygen atoms in total. The third-order valence-electron chi connectivity index (χ3n) is 9.94. The van der Waals surface area contributed by atoms with Crippen LogP contribution >= 0.6 is 0 Å². The first-order valence-corrected chi connectivity index (χ1v) is 16.7. The van der Waals surface area contributed by atoms with Gasteiger partial charge in [-0.1, -0.05) is 84.9 Å². The molecule has 0 amide bonds.